The first-order valence-corrected chi connectivity index (χ1v) is 4.26. The Kier molecular flexibility index (Phi) is 1.75. The van der Waals surface area contributed by atoms with Crippen molar-refractivity contribution in [3.63, 3.8) is 0 Å². The molecule has 0 bridgehead atoms. The molecule has 1 heterocycles. The second kappa shape index (κ2) is 2.77. The third-order valence-corrected chi connectivity index (χ3v) is 2.29. The summed E-state index contributed by atoms with van der Waals surface area (Å²) in [5.74, 6) is 0.773. The minimum Gasteiger partial charge on any atom is -0.493 e. The van der Waals surface area contributed by atoms with E-state index in [0.29, 0.717) is 6.61 Å². The molecule has 0 saturated heterocycles. The van der Waals surface area contributed by atoms with Gasteiger partial charge in [-0.15, -0.1) is 0 Å². The highest BCUT2D eigenvalue weighted by molar-refractivity contribution is 5.43. The molecule has 0 radical (unpaired) electrons. The fourth-order valence-electron chi connectivity index (χ4n) is 1.70. The lowest BCUT2D eigenvalue weighted by Gasteiger charge is -2.04. The third kappa shape index (κ3) is 0.986. The smallest absolute Gasteiger partial charge is 0.126 e. The molecule has 0 unspecified atom stereocenters. The van der Waals surface area contributed by atoms with E-state index in [1.54, 1.807) is 6.07 Å². The highest BCUT2D eigenvalue weighted by Gasteiger charge is 2.17. The van der Waals surface area contributed by atoms with E-state index in [-0.39, 0.29) is 5.82 Å². The normalized spacial score (nSPS) is 14.2. The predicted molar refractivity (Wildman–Crippen MR) is 45.0 cm³/mol. The van der Waals surface area contributed by atoms with Crippen LogP contribution in [0.25, 0.3) is 0 Å². The van der Waals surface area contributed by atoms with Gasteiger partial charge in [-0.25, -0.2) is 4.39 Å². The number of halogens is 1. The molecule has 12 heavy (non-hydrogen) atoms. The Hall–Kier alpha value is -1.05. The Balaban J connectivity index is 2.57. The first-order valence-electron chi connectivity index (χ1n) is 4.26. The van der Waals surface area contributed by atoms with Crippen LogP contribution in [0.15, 0.2) is 12.1 Å². The van der Waals surface area contributed by atoms with E-state index in [0.717, 1.165) is 29.7 Å². The fourth-order valence-corrected chi connectivity index (χ4v) is 1.70. The van der Waals surface area contributed by atoms with Gasteiger partial charge in [0.25, 0.3) is 0 Å². The van der Waals surface area contributed by atoms with Gasteiger partial charge >= 0.3 is 0 Å². The number of fused-ring (bicyclic) bond motifs is 1. The van der Waals surface area contributed by atoms with Crippen molar-refractivity contribution in [3.05, 3.63) is 29.1 Å². The number of hydrogen-bond donors (Lipinski definition) is 0. The highest BCUT2D eigenvalue weighted by Crippen LogP contribution is 2.30. The van der Waals surface area contributed by atoms with Crippen LogP contribution in [0.5, 0.6) is 5.75 Å². The molecule has 0 aromatic heterocycles. The van der Waals surface area contributed by atoms with Crippen LogP contribution in [0, 0.1) is 5.82 Å². The maximum Gasteiger partial charge on any atom is 0.126 e. The molecule has 64 valence electrons. The molecule has 0 N–H and O–H groups in total. The molecule has 1 aliphatic rings. The lowest BCUT2D eigenvalue weighted by atomic mass is 10.0. The Morgan fingerprint density at radius 2 is 2.33 bits per heavy atom. The van der Waals surface area contributed by atoms with Gasteiger partial charge in [-0.05, 0) is 24.1 Å². The van der Waals surface area contributed by atoms with Crippen molar-refractivity contribution in [2.24, 2.45) is 0 Å². The Labute approximate surface area is 71.2 Å². The molecule has 0 atom stereocenters. The Morgan fingerprint density at radius 3 is 3.08 bits per heavy atom. The molecule has 0 fully saturated rings. The lowest BCUT2D eigenvalue weighted by molar-refractivity contribution is 0.356. The Bertz CT molecular complexity index is 307. The minimum atomic E-state index is -0.0956. The van der Waals surface area contributed by atoms with E-state index in [4.69, 9.17) is 4.74 Å². The summed E-state index contributed by atoms with van der Waals surface area (Å²) >= 11 is 0. The second-order valence-electron chi connectivity index (χ2n) is 2.95. The number of benzene rings is 1. The summed E-state index contributed by atoms with van der Waals surface area (Å²) in [6.07, 6.45) is 1.61. The quantitative estimate of drug-likeness (QED) is 0.622. The van der Waals surface area contributed by atoms with Crippen LogP contribution in [0.1, 0.15) is 18.1 Å². The summed E-state index contributed by atoms with van der Waals surface area (Å²) in [6, 6.07) is 3.21. The monoisotopic (exact) mass is 166 g/mol. The van der Waals surface area contributed by atoms with Crippen LogP contribution in [0.2, 0.25) is 0 Å². The van der Waals surface area contributed by atoms with Gasteiger partial charge in [0.2, 0.25) is 0 Å². The first kappa shape index (κ1) is 7.59. The summed E-state index contributed by atoms with van der Waals surface area (Å²) in [5.41, 5.74) is 1.89. The summed E-state index contributed by atoms with van der Waals surface area (Å²) in [4.78, 5) is 0. The molecule has 2 rings (SSSR count). The minimum absolute atomic E-state index is 0.0956. The average molecular weight is 166 g/mol. The van der Waals surface area contributed by atoms with E-state index in [2.05, 4.69) is 0 Å². The van der Waals surface area contributed by atoms with Crippen molar-refractivity contribution in [3.8, 4) is 5.75 Å². The molecule has 0 aliphatic carbocycles. The SMILES string of the molecule is CCc1c(F)ccc2c1CCO2. The fraction of sp³-hybridized carbons (Fsp3) is 0.400. The van der Waals surface area contributed by atoms with Gasteiger partial charge in [0.1, 0.15) is 11.6 Å². The van der Waals surface area contributed by atoms with Crippen molar-refractivity contribution < 1.29 is 9.13 Å². The largest absolute Gasteiger partial charge is 0.493 e. The topological polar surface area (TPSA) is 9.23 Å². The van der Waals surface area contributed by atoms with E-state index >= 15 is 0 Å². The van der Waals surface area contributed by atoms with Crippen LogP contribution in [0.3, 0.4) is 0 Å². The van der Waals surface area contributed by atoms with Gasteiger partial charge in [-0.3, -0.25) is 0 Å². The molecular formula is C10H11FO. The lowest BCUT2D eigenvalue weighted by Crippen LogP contribution is -1.93. The molecule has 0 spiro atoms. The van der Waals surface area contributed by atoms with Crippen LogP contribution in [-0.4, -0.2) is 6.61 Å². The van der Waals surface area contributed by atoms with Gasteiger partial charge < -0.3 is 4.74 Å². The van der Waals surface area contributed by atoms with Crippen molar-refractivity contribution in [1.29, 1.82) is 0 Å². The summed E-state index contributed by atoms with van der Waals surface area (Å²) < 4.78 is 18.5. The van der Waals surface area contributed by atoms with Crippen LogP contribution < -0.4 is 4.74 Å². The number of ether oxygens (including phenoxy) is 1. The van der Waals surface area contributed by atoms with Crippen LogP contribution in [-0.2, 0) is 12.8 Å². The number of hydrogen-bond acceptors (Lipinski definition) is 1. The zero-order chi connectivity index (χ0) is 8.55. The van der Waals surface area contributed by atoms with Crippen LogP contribution >= 0.6 is 0 Å². The first-order chi connectivity index (χ1) is 5.83. The molecule has 1 aromatic carbocycles. The molecular weight excluding hydrogens is 155 g/mol. The summed E-state index contributed by atoms with van der Waals surface area (Å²) in [5, 5.41) is 0. The van der Waals surface area contributed by atoms with Crippen molar-refractivity contribution in [2.45, 2.75) is 19.8 Å². The van der Waals surface area contributed by atoms with E-state index in [1.165, 1.54) is 6.07 Å². The summed E-state index contributed by atoms with van der Waals surface area (Å²) in [6.45, 7) is 2.67. The highest BCUT2D eigenvalue weighted by atomic mass is 19.1. The number of rotatable bonds is 1. The predicted octanol–water partition coefficient (Wildman–Crippen LogP) is 2.32. The van der Waals surface area contributed by atoms with Crippen molar-refractivity contribution in [1.82, 2.24) is 0 Å². The van der Waals surface area contributed by atoms with E-state index < -0.39 is 0 Å². The Morgan fingerprint density at radius 1 is 1.50 bits per heavy atom. The van der Waals surface area contributed by atoms with Crippen molar-refractivity contribution in [2.75, 3.05) is 6.61 Å². The zero-order valence-electron chi connectivity index (χ0n) is 7.06. The average Bonchev–Trinajstić information content (AvgIpc) is 2.52. The van der Waals surface area contributed by atoms with Gasteiger partial charge in [-0.2, -0.15) is 0 Å². The standard InChI is InChI=1S/C10H11FO/c1-2-7-8-5-6-12-10(8)4-3-9(7)11/h3-4H,2,5-6H2,1H3. The molecule has 1 aliphatic heterocycles. The molecule has 0 saturated carbocycles. The molecule has 0 amide bonds. The molecule has 1 aromatic rings. The molecule has 2 heteroatoms. The zero-order valence-corrected chi connectivity index (χ0v) is 7.06. The molecule has 1 nitrogen and oxygen atoms in total. The third-order valence-electron chi connectivity index (χ3n) is 2.29. The van der Waals surface area contributed by atoms with Gasteiger partial charge in [0, 0.05) is 12.0 Å². The summed E-state index contributed by atoms with van der Waals surface area (Å²) in [7, 11) is 0. The van der Waals surface area contributed by atoms with Crippen molar-refractivity contribution >= 4 is 0 Å². The van der Waals surface area contributed by atoms with Gasteiger partial charge in [0.05, 0.1) is 6.61 Å². The van der Waals surface area contributed by atoms with Gasteiger partial charge in [-0.1, -0.05) is 6.92 Å². The van der Waals surface area contributed by atoms with Gasteiger partial charge in [0.15, 0.2) is 0 Å². The maximum atomic E-state index is 13.2. The maximum absolute atomic E-state index is 13.2. The van der Waals surface area contributed by atoms with Crippen LogP contribution in [0.4, 0.5) is 4.39 Å². The second-order valence-corrected chi connectivity index (χ2v) is 2.95. The van der Waals surface area contributed by atoms with E-state index in [1.807, 2.05) is 6.92 Å². The van der Waals surface area contributed by atoms with E-state index in [9.17, 15) is 4.39 Å².